The number of ether oxygens (including phenoxy) is 1. The lowest BCUT2D eigenvalue weighted by Gasteiger charge is -2.37. The Balaban J connectivity index is 1.59. The zero-order valence-electron chi connectivity index (χ0n) is 18.6. The Labute approximate surface area is 183 Å². The molecule has 2 heterocycles. The summed E-state index contributed by atoms with van der Waals surface area (Å²) in [7, 11) is 1.99. The SMILES string of the molecule is CN(c1cccc(CC(=O)c2ccc(F)cc2)n1)C1CCN(C(=O)OC(C)(C)C)CC1. The first kappa shape index (κ1) is 22.7. The van der Waals surface area contributed by atoms with Gasteiger partial charge in [-0.1, -0.05) is 6.07 Å². The normalized spacial score (nSPS) is 14.9. The van der Waals surface area contributed by atoms with E-state index in [1.807, 2.05) is 46.0 Å². The predicted molar refractivity (Wildman–Crippen MR) is 118 cm³/mol. The molecule has 1 amide bonds. The van der Waals surface area contributed by atoms with Crippen LogP contribution in [0.5, 0.6) is 0 Å². The number of aromatic nitrogens is 1. The fraction of sp³-hybridized carbons (Fsp3) is 0.458. The molecule has 1 aromatic heterocycles. The van der Waals surface area contributed by atoms with Crippen LogP contribution in [0.15, 0.2) is 42.5 Å². The highest BCUT2D eigenvalue weighted by Crippen LogP contribution is 2.22. The number of ketones is 1. The number of hydrogen-bond donors (Lipinski definition) is 0. The van der Waals surface area contributed by atoms with Crippen molar-refractivity contribution in [2.45, 2.75) is 51.7 Å². The van der Waals surface area contributed by atoms with Gasteiger partial charge in [0.1, 0.15) is 17.2 Å². The van der Waals surface area contributed by atoms with Crippen LogP contribution in [-0.2, 0) is 11.2 Å². The molecule has 0 saturated carbocycles. The number of anilines is 1. The van der Waals surface area contributed by atoms with Crippen molar-refractivity contribution in [2.75, 3.05) is 25.0 Å². The number of nitrogens with zero attached hydrogens (tertiary/aromatic N) is 3. The van der Waals surface area contributed by atoms with Gasteiger partial charge in [-0.3, -0.25) is 4.79 Å². The average molecular weight is 428 g/mol. The van der Waals surface area contributed by atoms with Crippen molar-refractivity contribution in [2.24, 2.45) is 0 Å². The summed E-state index contributed by atoms with van der Waals surface area (Å²) in [4.78, 5) is 33.3. The first-order valence-electron chi connectivity index (χ1n) is 10.6. The average Bonchev–Trinajstić information content (AvgIpc) is 2.73. The molecule has 2 aromatic rings. The third-order valence-electron chi connectivity index (χ3n) is 5.33. The van der Waals surface area contributed by atoms with E-state index in [9.17, 15) is 14.0 Å². The van der Waals surface area contributed by atoms with Crippen molar-refractivity contribution in [1.82, 2.24) is 9.88 Å². The first-order valence-corrected chi connectivity index (χ1v) is 10.6. The largest absolute Gasteiger partial charge is 0.444 e. The molecule has 1 fully saturated rings. The second-order valence-electron chi connectivity index (χ2n) is 8.90. The summed E-state index contributed by atoms with van der Waals surface area (Å²) in [6.07, 6.45) is 1.52. The smallest absolute Gasteiger partial charge is 0.410 e. The molecule has 0 unspecified atom stereocenters. The van der Waals surface area contributed by atoms with Crippen LogP contribution in [0.2, 0.25) is 0 Å². The van der Waals surface area contributed by atoms with Crippen LogP contribution in [-0.4, -0.2) is 53.5 Å². The number of benzene rings is 1. The molecule has 7 heteroatoms. The van der Waals surface area contributed by atoms with E-state index in [-0.39, 0.29) is 30.2 Å². The van der Waals surface area contributed by atoms with Gasteiger partial charge in [-0.15, -0.1) is 0 Å². The molecule has 3 rings (SSSR count). The number of Topliss-reactive ketones (excluding diaryl/α,β-unsaturated/α-hetero) is 1. The molecule has 0 spiro atoms. The van der Waals surface area contributed by atoms with Gasteiger partial charge in [0.15, 0.2) is 5.78 Å². The van der Waals surface area contributed by atoms with Crippen molar-refractivity contribution in [3.63, 3.8) is 0 Å². The van der Waals surface area contributed by atoms with Gasteiger partial charge >= 0.3 is 6.09 Å². The van der Waals surface area contributed by atoms with E-state index in [2.05, 4.69) is 9.88 Å². The molecular formula is C24H30FN3O3. The van der Waals surface area contributed by atoms with E-state index in [0.29, 0.717) is 24.3 Å². The van der Waals surface area contributed by atoms with Gasteiger partial charge in [-0.25, -0.2) is 14.2 Å². The summed E-state index contributed by atoms with van der Waals surface area (Å²) in [6, 6.07) is 11.4. The number of halogens is 1. The highest BCUT2D eigenvalue weighted by molar-refractivity contribution is 5.97. The van der Waals surface area contributed by atoms with Gasteiger partial charge < -0.3 is 14.5 Å². The van der Waals surface area contributed by atoms with Crippen LogP contribution >= 0.6 is 0 Å². The number of piperidine rings is 1. The summed E-state index contributed by atoms with van der Waals surface area (Å²) in [5.41, 5.74) is 0.641. The number of carbonyl (C=O) groups is 2. The lowest BCUT2D eigenvalue weighted by Crippen LogP contribution is -2.47. The van der Waals surface area contributed by atoms with Crippen LogP contribution in [0.4, 0.5) is 15.0 Å². The van der Waals surface area contributed by atoms with Crippen molar-refractivity contribution >= 4 is 17.7 Å². The van der Waals surface area contributed by atoms with Crippen molar-refractivity contribution < 1.29 is 18.7 Å². The fourth-order valence-corrected chi connectivity index (χ4v) is 3.61. The molecular weight excluding hydrogens is 397 g/mol. The van der Waals surface area contributed by atoms with E-state index < -0.39 is 5.60 Å². The second kappa shape index (κ2) is 9.45. The maximum atomic E-state index is 13.1. The number of likely N-dealkylation sites (tertiary alicyclic amines) is 1. The van der Waals surface area contributed by atoms with E-state index in [0.717, 1.165) is 18.7 Å². The number of rotatable bonds is 5. The van der Waals surface area contributed by atoms with Crippen molar-refractivity contribution in [3.05, 3.63) is 59.5 Å². The molecule has 1 aromatic carbocycles. The second-order valence-corrected chi connectivity index (χ2v) is 8.90. The quantitative estimate of drug-likeness (QED) is 0.659. The molecule has 0 atom stereocenters. The highest BCUT2D eigenvalue weighted by atomic mass is 19.1. The molecule has 166 valence electrons. The molecule has 0 N–H and O–H groups in total. The Kier molecular flexibility index (Phi) is 6.93. The summed E-state index contributed by atoms with van der Waals surface area (Å²) in [6.45, 7) is 6.86. The summed E-state index contributed by atoms with van der Waals surface area (Å²) < 4.78 is 18.5. The Morgan fingerprint density at radius 2 is 1.77 bits per heavy atom. The van der Waals surface area contributed by atoms with Crippen molar-refractivity contribution in [3.8, 4) is 0 Å². The molecule has 1 aliphatic heterocycles. The molecule has 6 nitrogen and oxygen atoms in total. The van der Waals surface area contributed by atoms with Gasteiger partial charge in [0, 0.05) is 31.7 Å². The topological polar surface area (TPSA) is 62.7 Å². The van der Waals surface area contributed by atoms with Gasteiger partial charge in [0.2, 0.25) is 0 Å². The third kappa shape index (κ3) is 6.26. The van der Waals surface area contributed by atoms with E-state index in [4.69, 9.17) is 4.74 Å². The Hall–Kier alpha value is -2.96. The summed E-state index contributed by atoms with van der Waals surface area (Å²) in [5.74, 6) is 0.328. The standard InChI is InChI=1S/C24H30FN3O3/c1-24(2,3)31-23(30)28-14-12-20(13-15-28)27(4)22-7-5-6-19(26-22)16-21(29)17-8-10-18(25)11-9-17/h5-11,20H,12-16H2,1-4H3. The molecule has 0 radical (unpaired) electrons. The fourth-order valence-electron chi connectivity index (χ4n) is 3.61. The van der Waals surface area contributed by atoms with Gasteiger partial charge in [0.25, 0.3) is 0 Å². The predicted octanol–water partition coefficient (Wildman–Crippen LogP) is 4.48. The third-order valence-corrected chi connectivity index (χ3v) is 5.33. The zero-order valence-corrected chi connectivity index (χ0v) is 18.6. The van der Waals surface area contributed by atoms with Gasteiger partial charge in [-0.2, -0.15) is 0 Å². The van der Waals surface area contributed by atoms with Gasteiger partial charge in [-0.05, 0) is 70.0 Å². The number of pyridine rings is 1. The Morgan fingerprint density at radius 1 is 1.13 bits per heavy atom. The minimum absolute atomic E-state index is 0.0991. The Bertz CT molecular complexity index is 916. The molecule has 31 heavy (non-hydrogen) atoms. The first-order chi connectivity index (χ1) is 14.6. The van der Waals surface area contributed by atoms with Crippen LogP contribution in [0.1, 0.15) is 49.7 Å². The molecule has 0 aliphatic carbocycles. The lowest BCUT2D eigenvalue weighted by molar-refractivity contribution is 0.0205. The molecule has 1 saturated heterocycles. The van der Waals surface area contributed by atoms with Crippen molar-refractivity contribution in [1.29, 1.82) is 0 Å². The van der Waals surface area contributed by atoms with Crippen LogP contribution < -0.4 is 4.90 Å². The maximum Gasteiger partial charge on any atom is 0.410 e. The van der Waals surface area contributed by atoms with E-state index in [1.54, 1.807) is 4.90 Å². The van der Waals surface area contributed by atoms with E-state index >= 15 is 0 Å². The highest BCUT2D eigenvalue weighted by Gasteiger charge is 2.29. The van der Waals surface area contributed by atoms with Gasteiger partial charge in [0.05, 0.1) is 12.1 Å². The maximum absolute atomic E-state index is 13.1. The minimum atomic E-state index is -0.500. The summed E-state index contributed by atoms with van der Waals surface area (Å²) >= 11 is 0. The molecule has 1 aliphatic rings. The Morgan fingerprint density at radius 3 is 2.39 bits per heavy atom. The zero-order chi connectivity index (χ0) is 22.6. The van der Waals surface area contributed by atoms with E-state index in [1.165, 1.54) is 24.3 Å². The number of amides is 1. The van der Waals surface area contributed by atoms with Crippen LogP contribution in [0, 0.1) is 5.82 Å². The molecule has 0 bridgehead atoms. The number of hydrogen-bond acceptors (Lipinski definition) is 5. The summed E-state index contributed by atoms with van der Waals surface area (Å²) in [5, 5.41) is 0. The van der Waals surface area contributed by atoms with Crippen LogP contribution in [0.25, 0.3) is 0 Å². The van der Waals surface area contributed by atoms with Crippen LogP contribution in [0.3, 0.4) is 0 Å². The monoisotopic (exact) mass is 427 g/mol. The minimum Gasteiger partial charge on any atom is -0.444 e. The number of carbonyl (C=O) groups excluding carboxylic acids is 2. The lowest BCUT2D eigenvalue weighted by atomic mass is 10.0.